The third-order valence-corrected chi connectivity index (χ3v) is 4.43. The Hall–Kier alpha value is -2.74. The van der Waals surface area contributed by atoms with Crippen molar-refractivity contribution in [2.24, 2.45) is 0 Å². The van der Waals surface area contributed by atoms with Crippen molar-refractivity contribution in [1.29, 1.82) is 0 Å². The lowest BCUT2D eigenvalue weighted by molar-refractivity contribution is 0.0665. The van der Waals surface area contributed by atoms with Crippen LogP contribution in [0.3, 0.4) is 0 Å². The first-order chi connectivity index (χ1) is 12.9. The molecule has 27 heavy (non-hydrogen) atoms. The van der Waals surface area contributed by atoms with Gasteiger partial charge < -0.3 is 15.1 Å². The molecular weight excluding hydrogens is 383 g/mol. The molecule has 3 rings (SSSR count). The second kappa shape index (κ2) is 7.87. The van der Waals surface area contributed by atoms with E-state index in [2.05, 4.69) is 5.32 Å². The summed E-state index contributed by atoms with van der Waals surface area (Å²) in [5.41, 5.74) is 0.000549. The lowest BCUT2D eigenvalue weighted by atomic mass is 10.1. The minimum absolute atomic E-state index is 0.139. The van der Waals surface area contributed by atoms with Gasteiger partial charge in [-0.25, -0.2) is 18.0 Å². The summed E-state index contributed by atoms with van der Waals surface area (Å²) in [4.78, 5) is 27.4. The number of benzene rings is 2. The normalized spacial score (nSPS) is 14.2. The van der Waals surface area contributed by atoms with Gasteiger partial charge in [0.15, 0.2) is 17.5 Å². The van der Waals surface area contributed by atoms with E-state index < -0.39 is 28.9 Å². The van der Waals surface area contributed by atoms with Crippen molar-refractivity contribution in [3.05, 3.63) is 64.4 Å². The molecule has 1 saturated heterocycles. The average Bonchev–Trinajstić information content (AvgIpc) is 2.66. The molecule has 5 nitrogen and oxygen atoms in total. The molecule has 0 aliphatic carbocycles. The van der Waals surface area contributed by atoms with Crippen LogP contribution in [0, 0.1) is 17.5 Å². The highest BCUT2D eigenvalue weighted by atomic mass is 35.5. The fraction of sp³-hybridized carbons (Fsp3) is 0.222. The molecule has 1 N–H and O–H groups in total. The van der Waals surface area contributed by atoms with Crippen LogP contribution in [0.4, 0.5) is 23.7 Å². The van der Waals surface area contributed by atoms with Gasteiger partial charge in [-0.1, -0.05) is 17.7 Å². The average molecular weight is 398 g/mol. The standard InChI is InChI=1S/C18H15ClF3N3O2/c19-11-2-1-3-12(10-11)23-18(27)25-8-6-24(7-9-25)17(26)13-4-5-14(20)16(22)15(13)21/h1-5,10H,6-9H2,(H,23,27). The van der Waals surface area contributed by atoms with Gasteiger partial charge in [0, 0.05) is 36.9 Å². The van der Waals surface area contributed by atoms with E-state index in [4.69, 9.17) is 11.6 Å². The van der Waals surface area contributed by atoms with Crippen molar-refractivity contribution in [3.8, 4) is 0 Å². The summed E-state index contributed by atoms with van der Waals surface area (Å²) in [6.45, 7) is 0.702. The van der Waals surface area contributed by atoms with E-state index in [0.29, 0.717) is 16.8 Å². The maximum Gasteiger partial charge on any atom is 0.321 e. The molecule has 0 aromatic heterocycles. The zero-order valence-corrected chi connectivity index (χ0v) is 14.8. The van der Waals surface area contributed by atoms with E-state index in [1.165, 1.54) is 9.80 Å². The van der Waals surface area contributed by atoms with E-state index in [9.17, 15) is 22.8 Å². The molecule has 0 saturated carbocycles. The highest BCUT2D eigenvalue weighted by molar-refractivity contribution is 6.30. The van der Waals surface area contributed by atoms with Gasteiger partial charge in [0.1, 0.15) is 0 Å². The van der Waals surface area contributed by atoms with Crippen molar-refractivity contribution in [1.82, 2.24) is 9.80 Å². The molecular formula is C18H15ClF3N3O2. The number of nitrogens with zero attached hydrogens (tertiary/aromatic N) is 2. The van der Waals surface area contributed by atoms with E-state index in [0.717, 1.165) is 6.07 Å². The molecule has 9 heteroatoms. The third kappa shape index (κ3) is 4.16. The molecule has 2 aromatic rings. The van der Waals surface area contributed by atoms with Crippen LogP contribution in [0.5, 0.6) is 0 Å². The molecule has 0 spiro atoms. The Kier molecular flexibility index (Phi) is 5.55. The first kappa shape index (κ1) is 19.0. The molecule has 0 atom stereocenters. The SMILES string of the molecule is O=C(Nc1cccc(Cl)c1)N1CCN(C(=O)c2ccc(F)c(F)c2F)CC1. The number of carbonyl (C=O) groups excluding carboxylic acids is 2. The summed E-state index contributed by atoms with van der Waals surface area (Å²) in [6, 6.07) is 7.93. The number of halogens is 4. The molecule has 0 bridgehead atoms. The predicted molar refractivity (Wildman–Crippen MR) is 94.3 cm³/mol. The van der Waals surface area contributed by atoms with Gasteiger partial charge in [0.05, 0.1) is 5.56 Å². The monoisotopic (exact) mass is 397 g/mol. The maximum absolute atomic E-state index is 13.8. The van der Waals surface area contributed by atoms with Crippen molar-refractivity contribution in [2.75, 3.05) is 31.5 Å². The summed E-state index contributed by atoms with van der Waals surface area (Å²) in [5.74, 6) is -5.30. The van der Waals surface area contributed by atoms with Gasteiger partial charge in [-0.2, -0.15) is 0 Å². The Morgan fingerprint density at radius 3 is 2.26 bits per heavy atom. The second-order valence-corrected chi connectivity index (χ2v) is 6.38. The zero-order valence-electron chi connectivity index (χ0n) is 14.0. The van der Waals surface area contributed by atoms with Crippen LogP contribution in [0.2, 0.25) is 5.02 Å². The van der Waals surface area contributed by atoms with E-state index in [1.54, 1.807) is 24.3 Å². The Morgan fingerprint density at radius 1 is 0.926 bits per heavy atom. The molecule has 0 radical (unpaired) electrons. The number of hydrogen-bond donors (Lipinski definition) is 1. The number of hydrogen-bond acceptors (Lipinski definition) is 2. The molecule has 142 valence electrons. The third-order valence-electron chi connectivity index (χ3n) is 4.20. The van der Waals surface area contributed by atoms with Crippen molar-refractivity contribution in [3.63, 3.8) is 0 Å². The largest absolute Gasteiger partial charge is 0.335 e. The number of amides is 3. The van der Waals surface area contributed by atoms with Crippen LogP contribution in [-0.4, -0.2) is 47.9 Å². The summed E-state index contributed by atoms with van der Waals surface area (Å²) in [7, 11) is 0. The van der Waals surface area contributed by atoms with Crippen LogP contribution in [0.1, 0.15) is 10.4 Å². The van der Waals surface area contributed by atoms with Gasteiger partial charge in [-0.3, -0.25) is 4.79 Å². The minimum atomic E-state index is -1.68. The van der Waals surface area contributed by atoms with Crippen LogP contribution in [-0.2, 0) is 0 Å². The molecule has 3 amide bonds. The number of anilines is 1. The summed E-state index contributed by atoms with van der Waals surface area (Å²) in [5, 5.41) is 3.18. The first-order valence-corrected chi connectivity index (χ1v) is 8.49. The summed E-state index contributed by atoms with van der Waals surface area (Å²) >= 11 is 5.87. The smallest absolute Gasteiger partial charge is 0.321 e. The van der Waals surface area contributed by atoms with E-state index in [1.807, 2.05) is 0 Å². The van der Waals surface area contributed by atoms with Crippen molar-refractivity contribution < 1.29 is 22.8 Å². The molecule has 1 aliphatic rings. The molecule has 2 aromatic carbocycles. The van der Waals surface area contributed by atoms with E-state index >= 15 is 0 Å². The molecule has 0 unspecified atom stereocenters. The van der Waals surface area contributed by atoms with E-state index in [-0.39, 0.29) is 32.2 Å². The fourth-order valence-corrected chi connectivity index (χ4v) is 2.93. The van der Waals surface area contributed by atoms with Crippen molar-refractivity contribution >= 4 is 29.2 Å². The van der Waals surface area contributed by atoms with Gasteiger partial charge in [0.2, 0.25) is 0 Å². The molecule has 1 aliphatic heterocycles. The van der Waals surface area contributed by atoms with Gasteiger partial charge in [-0.15, -0.1) is 0 Å². The lowest BCUT2D eigenvalue weighted by Crippen LogP contribution is -2.51. The minimum Gasteiger partial charge on any atom is -0.335 e. The van der Waals surface area contributed by atoms with Gasteiger partial charge in [-0.05, 0) is 30.3 Å². The topological polar surface area (TPSA) is 52.7 Å². The number of rotatable bonds is 2. The number of piperazine rings is 1. The maximum atomic E-state index is 13.8. The highest BCUT2D eigenvalue weighted by Crippen LogP contribution is 2.19. The number of nitrogens with one attached hydrogen (secondary N) is 1. The van der Waals surface area contributed by atoms with Gasteiger partial charge >= 0.3 is 6.03 Å². The molecule has 1 heterocycles. The number of urea groups is 1. The quantitative estimate of drug-likeness (QED) is 0.785. The Morgan fingerprint density at radius 2 is 1.59 bits per heavy atom. The van der Waals surface area contributed by atoms with Crippen LogP contribution < -0.4 is 5.32 Å². The Bertz CT molecular complexity index is 886. The Balaban J connectivity index is 1.61. The van der Waals surface area contributed by atoms with Crippen LogP contribution >= 0.6 is 11.6 Å². The highest BCUT2D eigenvalue weighted by Gasteiger charge is 2.28. The van der Waals surface area contributed by atoms with Crippen LogP contribution in [0.25, 0.3) is 0 Å². The predicted octanol–water partition coefficient (Wildman–Crippen LogP) is 3.75. The van der Waals surface area contributed by atoms with Gasteiger partial charge in [0.25, 0.3) is 5.91 Å². The van der Waals surface area contributed by atoms with Crippen LogP contribution in [0.15, 0.2) is 36.4 Å². The lowest BCUT2D eigenvalue weighted by Gasteiger charge is -2.34. The van der Waals surface area contributed by atoms with Crippen molar-refractivity contribution in [2.45, 2.75) is 0 Å². The zero-order chi connectivity index (χ0) is 19.6. The molecule has 1 fully saturated rings. The first-order valence-electron chi connectivity index (χ1n) is 8.11. The fourth-order valence-electron chi connectivity index (χ4n) is 2.74. The number of carbonyl (C=O) groups is 2. The summed E-state index contributed by atoms with van der Waals surface area (Å²) < 4.78 is 40.1. The summed E-state index contributed by atoms with van der Waals surface area (Å²) in [6.07, 6.45) is 0. The Labute approximate surface area is 158 Å². The second-order valence-electron chi connectivity index (χ2n) is 5.94.